The van der Waals surface area contributed by atoms with Crippen molar-refractivity contribution in [3.63, 3.8) is 0 Å². The fraction of sp³-hybridized carbons (Fsp3) is 0.708. The molecule has 3 nitrogen and oxygen atoms in total. The Hall–Kier alpha value is -1.35. The van der Waals surface area contributed by atoms with Crippen LogP contribution in [0.3, 0.4) is 0 Å². The first kappa shape index (κ1) is 21.9. The molecule has 2 rings (SSSR count). The fourth-order valence-electron chi connectivity index (χ4n) is 4.55. The molecule has 0 aromatic heterocycles. The molecule has 0 saturated heterocycles. The van der Waals surface area contributed by atoms with Crippen LogP contribution in [0.25, 0.3) is 0 Å². The van der Waals surface area contributed by atoms with Gasteiger partial charge in [-0.25, -0.2) is 0 Å². The van der Waals surface area contributed by atoms with Gasteiger partial charge in [-0.1, -0.05) is 58.9 Å². The lowest BCUT2D eigenvalue weighted by Gasteiger charge is -2.46. The number of esters is 1. The summed E-state index contributed by atoms with van der Waals surface area (Å²) in [5, 5.41) is 10.6. The van der Waals surface area contributed by atoms with Gasteiger partial charge in [0.25, 0.3) is 0 Å². The van der Waals surface area contributed by atoms with Gasteiger partial charge in [0.1, 0.15) is 0 Å². The van der Waals surface area contributed by atoms with Crippen molar-refractivity contribution in [2.45, 2.75) is 79.2 Å². The monoisotopic (exact) mass is 374 g/mol. The standard InChI is InChI=1S/C24H38O3/c1-17(2)15-23(6,26)21-9-7-20(8-10-21)12-14-27-22(25)24(16-18(3)4)13-11-19(24)5/h7-10,17-19,26H,11-16H2,1-6H3. The van der Waals surface area contributed by atoms with E-state index in [1.807, 2.05) is 31.2 Å². The van der Waals surface area contributed by atoms with Gasteiger partial charge in [-0.15, -0.1) is 0 Å². The summed E-state index contributed by atoms with van der Waals surface area (Å²) in [5.41, 5.74) is 1.01. The van der Waals surface area contributed by atoms with Crippen molar-refractivity contribution in [1.82, 2.24) is 0 Å². The summed E-state index contributed by atoms with van der Waals surface area (Å²) in [5.74, 6) is 1.36. The molecular weight excluding hydrogens is 336 g/mol. The highest BCUT2D eigenvalue weighted by molar-refractivity contribution is 5.78. The number of aliphatic hydroxyl groups is 1. The van der Waals surface area contributed by atoms with Crippen LogP contribution in [-0.2, 0) is 21.6 Å². The molecule has 0 amide bonds. The summed E-state index contributed by atoms with van der Waals surface area (Å²) in [7, 11) is 0. The Labute approximate surface area is 165 Å². The maximum Gasteiger partial charge on any atom is 0.312 e. The molecule has 27 heavy (non-hydrogen) atoms. The Kier molecular flexibility index (Phi) is 7.13. The second-order valence-electron chi connectivity index (χ2n) is 9.65. The van der Waals surface area contributed by atoms with Gasteiger partial charge in [-0.05, 0) is 61.5 Å². The maximum absolute atomic E-state index is 12.7. The van der Waals surface area contributed by atoms with Gasteiger partial charge in [0.15, 0.2) is 0 Å². The molecule has 3 heteroatoms. The number of carbonyl (C=O) groups excluding carboxylic acids is 1. The largest absolute Gasteiger partial charge is 0.465 e. The van der Waals surface area contributed by atoms with E-state index in [-0.39, 0.29) is 11.4 Å². The van der Waals surface area contributed by atoms with Gasteiger partial charge in [0.2, 0.25) is 0 Å². The number of benzene rings is 1. The molecule has 3 atom stereocenters. The molecule has 1 fully saturated rings. The smallest absolute Gasteiger partial charge is 0.312 e. The summed E-state index contributed by atoms with van der Waals surface area (Å²) in [6, 6.07) is 8.06. The van der Waals surface area contributed by atoms with Crippen molar-refractivity contribution in [2.75, 3.05) is 6.61 Å². The predicted octanol–water partition coefficient (Wildman–Crippen LogP) is 5.49. The summed E-state index contributed by atoms with van der Waals surface area (Å²) in [4.78, 5) is 12.7. The number of ether oxygens (including phenoxy) is 1. The molecule has 0 radical (unpaired) electrons. The molecule has 1 aromatic carbocycles. The van der Waals surface area contributed by atoms with Crippen molar-refractivity contribution in [3.8, 4) is 0 Å². The zero-order valence-electron chi connectivity index (χ0n) is 18.0. The van der Waals surface area contributed by atoms with Crippen molar-refractivity contribution in [3.05, 3.63) is 35.4 Å². The minimum absolute atomic E-state index is 0.00793. The third-order valence-electron chi connectivity index (χ3n) is 6.15. The molecule has 0 bridgehead atoms. The van der Waals surface area contributed by atoms with E-state index in [0.717, 1.165) is 36.8 Å². The van der Waals surface area contributed by atoms with Crippen LogP contribution in [-0.4, -0.2) is 17.7 Å². The quantitative estimate of drug-likeness (QED) is 0.582. The van der Waals surface area contributed by atoms with Crippen LogP contribution >= 0.6 is 0 Å². The highest BCUT2D eigenvalue weighted by atomic mass is 16.5. The van der Waals surface area contributed by atoms with Crippen LogP contribution in [0.2, 0.25) is 0 Å². The zero-order valence-corrected chi connectivity index (χ0v) is 18.0. The molecule has 1 aromatic rings. The molecular formula is C24H38O3. The average molecular weight is 375 g/mol. The van der Waals surface area contributed by atoms with E-state index in [4.69, 9.17) is 4.74 Å². The van der Waals surface area contributed by atoms with Crippen molar-refractivity contribution < 1.29 is 14.6 Å². The van der Waals surface area contributed by atoms with Gasteiger partial charge < -0.3 is 9.84 Å². The molecule has 0 heterocycles. The topological polar surface area (TPSA) is 46.5 Å². The molecule has 152 valence electrons. The third kappa shape index (κ3) is 5.34. The first-order chi connectivity index (χ1) is 12.6. The SMILES string of the molecule is CC(C)CC(C)(O)c1ccc(CCOC(=O)C2(CC(C)C)CCC2C)cc1. The molecule has 1 saturated carbocycles. The molecule has 0 aliphatic heterocycles. The summed E-state index contributed by atoms with van der Waals surface area (Å²) < 4.78 is 5.69. The highest BCUT2D eigenvalue weighted by Gasteiger charge is 2.51. The van der Waals surface area contributed by atoms with Gasteiger partial charge >= 0.3 is 5.97 Å². The lowest BCUT2D eigenvalue weighted by Crippen LogP contribution is -2.47. The van der Waals surface area contributed by atoms with Crippen LogP contribution in [0.1, 0.15) is 78.4 Å². The van der Waals surface area contributed by atoms with Gasteiger partial charge in [0, 0.05) is 6.42 Å². The van der Waals surface area contributed by atoms with E-state index in [1.54, 1.807) is 0 Å². The van der Waals surface area contributed by atoms with Gasteiger partial charge in [0.05, 0.1) is 17.6 Å². The Balaban J connectivity index is 1.89. The van der Waals surface area contributed by atoms with Crippen molar-refractivity contribution >= 4 is 5.97 Å². The van der Waals surface area contributed by atoms with Crippen LogP contribution in [0, 0.1) is 23.2 Å². The van der Waals surface area contributed by atoms with Crippen LogP contribution in [0.4, 0.5) is 0 Å². The molecule has 3 unspecified atom stereocenters. The van der Waals surface area contributed by atoms with E-state index in [9.17, 15) is 9.90 Å². The van der Waals surface area contributed by atoms with Gasteiger partial charge in [-0.3, -0.25) is 4.79 Å². The minimum atomic E-state index is -0.803. The average Bonchev–Trinajstić information content (AvgIpc) is 2.57. The Morgan fingerprint density at radius 3 is 2.30 bits per heavy atom. The maximum atomic E-state index is 12.7. The second kappa shape index (κ2) is 8.77. The number of hydrogen-bond acceptors (Lipinski definition) is 3. The first-order valence-corrected chi connectivity index (χ1v) is 10.6. The Morgan fingerprint density at radius 2 is 1.85 bits per heavy atom. The lowest BCUT2D eigenvalue weighted by atomic mass is 9.57. The summed E-state index contributed by atoms with van der Waals surface area (Å²) in [6.07, 6.45) is 4.46. The molecule has 1 aliphatic rings. The first-order valence-electron chi connectivity index (χ1n) is 10.6. The van der Waals surface area contributed by atoms with Crippen LogP contribution < -0.4 is 0 Å². The van der Waals surface area contributed by atoms with Crippen LogP contribution in [0.5, 0.6) is 0 Å². The van der Waals surface area contributed by atoms with Crippen molar-refractivity contribution in [2.24, 2.45) is 23.2 Å². The number of hydrogen-bond donors (Lipinski definition) is 1. The van der Waals surface area contributed by atoms with Crippen molar-refractivity contribution in [1.29, 1.82) is 0 Å². The number of carbonyl (C=O) groups is 1. The van der Waals surface area contributed by atoms with E-state index < -0.39 is 5.60 Å². The van der Waals surface area contributed by atoms with E-state index >= 15 is 0 Å². The lowest BCUT2D eigenvalue weighted by molar-refractivity contribution is -0.169. The van der Waals surface area contributed by atoms with E-state index in [0.29, 0.717) is 30.8 Å². The molecule has 1 aliphatic carbocycles. The zero-order chi connectivity index (χ0) is 20.2. The van der Waals surface area contributed by atoms with Gasteiger partial charge in [-0.2, -0.15) is 0 Å². The third-order valence-corrected chi connectivity index (χ3v) is 6.15. The normalized spacial score (nSPS) is 24.6. The number of rotatable bonds is 9. The van der Waals surface area contributed by atoms with E-state index in [1.165, 1.54) is 0 Å². The molecule has 1 N–H and O–H groups in total. The highest BCUT2D eigenvalue weighted by Crippen LogP contribution is 2.51. The molecule has 0 spiro atoms. The Bertz CT molecular complexity index is 615. The Morgan fingerprint density at radius 1 is 1.22 bits per heavy atom. The minimum Gasteiger partial charge on any atom is -0.465 e. The van der Waals surface area contributed by atoms with E-state index in [2.05, 4.69) is 34.6 Å². The second-order valence-corrected chi connectivity index (χ2v) is 9.65. The van der Waals surface area contributed by atoms with Crippen LogP contribution in [0.15, 0.2) is 24.3 Å². The summed E-state index contributed by atoms with van der Waals surface area (Å²) >= 11 is 0. The fourth-order valence-corrected chi connectivity index (χ4v) is 4.55. The predicted molar refractivity (Wildman–Crippen MR) is 110 cm³/mol. The summed E-state index contributed by atoms with van der Waals surface area (Å²) in [6.45, 7) is 13.1.